The molecule has 1 atom stereocenters. The van der Waals surface area contributed by atoms with Crippen LogP contribution in [0, 0.1) is 0 Å². The van der Waals surface area contributed by atoms with Crippen molar-refractivity contribution in [1.82, 2.24) is 4.98 Å². The highest BCUT2D eigenvalue weighted by Crippen LogP contribution is 2.31. The van der Waals surface area contributed by atoms with Gasteiger partial charge in [0.05, 0.1) is 5.69 Å². The minimum Gasteiger partial charge on any atom is -0.450 e. The number of rotatable bonds is 13. The fourth-order valence-electron chi connectivity index (χ4n) is 2.87. The van der Waals surface area contributed by atoms with E-state index in [2.05, 4.69) is 33.2 Å². The summed E-state index contributed by atoms with van der Waals surface area (Å²) in [4.78, 5) is 28.3. The van der Waals surface area contributed by atoms with Gasteiger partial charge in [-0.25, -0.2) is 14.6 Å². The number of hydrogen-bond acceptors (Lipinski definition) is 8. The number of aromatic nitrogens is 1. The van der Waals surface area contributed by atoms with Gasteiger partial charge in [-0.2, -0.15) is 0 Å². The summed E-state index contributed by atoms with van der Waals surface area (Å²) < 4.78 is 14.9. The van der Waals surface area contributed by atoms with Crippen LogP contribution in [0.15, 0.2) is 27.8 Å². The number of oxazole rings is 1. The molecule has 0 saturated carbocycles. The van der Waals surface area contributed by atoms with Crippen LogP contribution < -0.4 is 4.90 Å². The molecule has 166 valence electrons. The Labute approximate surface area is 179 Å². The molecule has 2 rings (SSSR count). The lowest BCUT2D eigenvalue weighted by atomic mass is 10.2. The molecular formula is C20H28N2O7S. The molecule has 0 saturated heterocycles. The van der Waals surface area contributed by atoms with Crippen molar-refractivity contribution in [3.8, 4) is 0 Å². The van der Waals surface area contributed by atoms with E-state index in [4.69, 9.17) is 14.6 Å². The Morgan fingerprint density at radius 1 is 1.17 bits per heavy atom. The van der Waals surface area contributed by atoms with Crippen LogP contribution in [-0.4, -0.2) is 59.1 Å². The van der Waals surface area contributed by atoms with E-state index in [0.717, 1.165) is 61.7 Å². The fourth-order valence-corrected chi connectivity index (χ4v) is 3.67. The minimum atomic E-state index is -1.50. The van der Waals surface area contributed by atoms with Crippen LogP contribution in [0.2, 0.25) is 0 Å². The second-order valence-corrected chi connectivity index (χ2v) is 7.66. The molecule has 0 fully saturated rings. The number of benzene rings is 1. The third-order valence-electron chi connectivity index (χ3n) is 4.33. The van der Waals surface area contributed by atoms with E-state index in [1.807, 2.05) is 18.2 Å². The zero-order valence-corrected chi connectivity index (χ0v) is 18.0. The summed E-state index contributed by atoms with van der Waals surface area (Å²) >= 11 is 1.15. The van der Waals surface area contributed by atoms with E-state index in [0.29, 0.717) is 10.8 Å². The van der Waals surface area contributed by atoms with Gasteiger partial charge in [0.1, 0.15) is 18.2 Å². The molecule has 9 nitrogen and oxygen atoms in total. The predicted octanol–water partition coefficient (Wildman–Crippen LogP) is 5.08. The first kappa shape index (κ1) is 23.7. The summed E-state index contributed by atoms with van der Waals surface area (Å²) in [6, 6.07) is 5.80. The molecule has 0 amide bonds. The quantitative estimate of drug-likeness (QED) is 0.322. The van der Waals surface area contributed by atoms with Crippen molar-refractivity contribution in [2.75, 3.05) is 30.3 Å². The van der Waals surface area contributed by atoms with Crippen LogP contribution in [0.4, 0.5) is 15.3 Å². The van der Waals surface area contributed by atoms with Gasteiger partial charge in [0.15, 0.2) is 5.58 Å². The molecule has 0 aliphatic carbocycles. The van der Waals surface area contributed by atoms with Gasteiger partial charge >= 0.3 is 12.3 Å². The Hall–Kier alpha value is -2.62. The molecule has 0 aliphatic rings. The number of hydrogen-bond donors (Lipinski definition) is 2. The van der Waals surface area contributed by atoms with Gasteiger partial charge in [0, 0.05) is 18.8 Å². The average molecular weight is 441 g/mol. The Morgan fingerprint density at radius 3 is 2.47 bits per heavy atom. The summed E-state index contributed by atoms with van der Waals surface area (Å²) in [6.07, 6.45) is 0.392. The largest absolute Gasteiger partial charge is 0.506 e. The van der Waals surface area contributed by atoms with E-state index in [-0.39, 0.29) is 5.75 Å². The monoisotopic (exact) mass is 440 g/mol. The lowest BCUT2D eigenvalue weighted by molar-refractivity contribution is 0.0140. The Kier molecular flexibility index (Phi) is 9.59. The van der Waals surface area contributed by atoms with Crippen molar-refractivity contribution in [2.24, 2.45) is 0 Å². The van der Waals surface area contributed by atoms with Crippen LogP contribution in [0.25, 0.3) is 11.1 Å². The third kappa shape index (κ3) is 7.33. The number of thioether (sulfide) groups is 1. The molecule has 1 aromatic carbocycles. The van der Waals surface area contributed by atoms with Crippen LogP contribution in [0.1, 0.15) is 39.5 Å². The number of fused-ring (bicyclic) bond motifs is 1. The number of carbonyl (C=O) groups is 2. The molecule has 10 heteroatoms. The highest BCUT2D eigenvalue weighted by molar-refractivity contribution is 7.99. The fraction of sp³-hybridized carbons (Fsp3) is 0.550. The van der Waals surface area contributed by atoms with Crippen LogP contribution in [0.5, 0.6) is 0 Å². The first-order valence-corrected chi connectivity index (χ1v) is 11.0. The maximum Gasteiger partial charge on any atom is 0.506 e. The molecule has 1 aromatic heterocycles. The first-order chi connectivity index (χ1) is 14.4. The first-order valence-electron chi connectivity index (χ1n) is 9.97. The number of ether oxygens (including phenoxy) is 2. The van der Waals surface area contributed by atoms with Crippen molar-refractivity contribution in [2.45, 2.75) is 50.9 Å². The van der Waals surface area contributed by atoms with Crippen molar-refractivity contribution in [1.29, 1.82) is 0 Å². The van der Waals surface area contributed by atoms with E-state index in [1.54, 1.807) is 0 Å². The molecule has 0 spiro atoms. The summed E-state index contributed by atoms with van der Waals surface area (Å²) in [5.41, 5.74) is 2.41. The van der Waals surface area contributed by atoms with Crippen LogP contribution in [0.3, 0.4) is 0 Å². The molecule has 30 heavy (non-hydrogen) atoms. The molecule has 1 unspecified atom stereocenters. The van der Waals surface area contributed by atoms with E-state index in [9.17, 15) is 9.59 Å². The number of carboxylic acid groups (broad SMARTS) is 2. The smallest absolute Gasteiger partial charge is 0.450 e. The highest BCUT2D eigenvalue weighted by atomic mass is 32.2. The minimum absolute atomic E-state index is 0.108. The van der Waals surface area contributed by atoms with E-state index < -0.39 is 25.0 Å². The summed E-state index contributed by atoms with van der Waals surface area (Å²) in [7, 11) is 0. The second-order valence-electron chi connectivity index (χ2n) is 6.69. The zero-order valence-electron chi connectivity index (χ0n) is 17.2. The highest BCUT2D eigenvalue weighted by Gasteiger charge is 2.20. The zero-order chi connectivity index (χ0) is 21.9. The van der Waals surface area contributed by atoms with Crippen molar-refractivity contribution < 1.29 is 33.7 Å². The van der Waals surface area contributed by atoms with Crippen molar-refractivity contribution in [3.63, 3.8) is 0 Å². The lowest BCUT2D eigenvalue weighted by Gasteiger charge is -2.24. The Morgan fingerprint density at radius 2 is 1.87 bits per heavy atom. The molecule has 1 heterocycles. The number of anilines is 1. The average Bonchev–Trinajstić information content (AvgIpc) is 3.13. The Balaban J connectivity index is 2.15. The van der Waals surface area contributed by atoms with Gasteiger partial charge in [0.25, 0.3) is 5.22 Å². The van der Waals surface area contributed by atoms with Crippen LogP contribution >= 0.6 is 11.8 Å². The number of nitrogens with zero attached hydrogens (tertiary/aromatic N) is 2. The molecule has 2 N–H and O–H groups in total. The van der Waals surface area contributed by atoms with Crippen LogP contribution in [-0.2, 0) is 9.47 Å². The molecule has 0 bridgehead atoms. The maximum absolute atomic E-state index is 10.8. The Bertz CT molecular complexity index is 819. The molecule has 0 aliphatic heterocycles. The van der Waals surface area contributed by atoms with Gasteiger partial charge in [-0.1, -0.05) is 44.5 Å². The lowest BCUT2D eigenvalue weighted by Crippen LogP contribution is -2.26. The van der Waals surface area contributed by atoms with Gasteiger partial charge in [0.2, 0.25) is 0 Å². The number of para-hydroxylation sites is 1. The topological polar surface area (TPSA) is 122 Å². The second kappa shape index (κ2) is 12.2. The van der Waals surface area contributed by atoms with Crippen molar-refractivity contribution in [3.05, 3.63) is 18.2 Å². The summed E-state index contributed by atoms with van der Waals surface area (Å²) in [5.74, 6) is 0.108. The molecular weight excluding hydrogens is 412 g/mol. The molecule has 2 aromatic rings. The van der Waals surface area contributed by atoms with E-state index >= 15 is 0 Å². The van der Waals surface area contributed by atoms with E-state index in [1.165, 1.54) is 0 Å². The number of unbranched alkanes of at least 4 members (excludes halogenated alkanes) is 2. The normalized spacial score (nSPS) is 11.9. The van der Waals surface area contributed by atoms with Gasteiger partial charge in [-0.3, -0.25) is 0 Å². The predicted molar refractivity (Wildman–Crippen MR) is 114 cm³/mol. The van der Waals surface area contributed by atoms with Gasteiger partial charge in [-0.05, 0) is 25.0 Å². The van der Waals surface area contributed by atoms with Gasteiger partial charge in [-0.15, -0.1) is 0 Å². The standard InChI is InChI=1S/C20H28N2O7S/c1-3-5-10-22(11-6-4-2)15-8-7-9-16-17(15)21-18(29-16)30-13-14(28-20(25)26)12-27-19(23)24/h7-9,14H,3-6,10-13H2,1-2H3,(H,23,24)(H,25,26). The maximum atomic E-state index is 10.8. The summed E-state index contributed by atoms with van der Waals surface area (Å²) in [6.45, 7) is 5.79. The summed E-state index contributed by atoms with van der Waals surface area (Å²) in [5, 5.41) is 17.8. The van der Waals surface area contributed by atoms with Crippen molar-refractivity contribution >= 4 is 40.9 Å². The SMILES string of the molecule is CCCCN(CCCC)c1cccc2oc(SCC(COC(=O)O)OC(=O)O)nc12. The third-order valence-corrected chi connectivity index (χ3v) is 5.29. The molecule has 0 radical (unpaired) electrons. The van der Waals surface area contributed by atoms with Gasteiger partial charge < -0.3 is 29.0 Å².